The van der Waals surface area contributed by atoms with E-state index in [0.717, 1.165) is 5.56 Å². The molecule has 0 fully saturated rings. The van der Waals surface area contributed by atoms with E-state index >= 15 is 0 Å². The molecule has 1 atom stereocenters. The van der Waals surface area contributed by atoms with Crippen LogP contribution in [0.5, 0.6) is 0 Å². The van der Waals surface area contributed by atoms with Crippen LogP contribution in [0, 0.1) is 0 Å². The number of nitrogens with zero attached hydrogens (tertiary/aromatic N) is 1. The summed E-state index contributed by atoms with van der Waals surface area (Å²) in [6.07, 6.45) is 0.175. The highest BCUT2D eigenvalue weighted by molar-refractivity contribution is 5.98. The van der Waals surface area contributed by atoms with Gasteiger partial charge in [-0.15, -0.1) is 0 Å². The van der Waals surface area contributed by atoms with E-state index in [1.165, 1.54) is 12.1 Å². The summed E-state index contributed by atoms with van der Waals surface area (Å²) in [7, 11) is 0. The predicted molar refractivity (Wildman–Crippen MR) is 123 cm³/mol. The second kappa shape index (κ2) is 11.1. The Bertz CT molecular complexity index is 1150. The van der Waals surface area contributed by atoms with E-state index < -0.39 is 23.8 Å². The van der Waals surface area contributed by atoms with Gasteiger partial charge in [0.25, 0.3) is 11.8 Å². The molecule has 0 unspecified atom stereocenters. The fourth-order valence-electron chi connectivity index (χ4n) is 2.97. The van der Waals surface area contributed by atoms with Crippen LogP contribution in [-0.4, -0.2) is 29.8 Å². The summed E-state index contributed by atoms with van der Waals surface area (Å²) in [5, 5.41) is 2.67. The summed E-state index contributed by atoms with van der Waals surface area (Å²) in [4.78, 5) is 46.7. The molecule has 9 nitrogen and oxygen atoms in total. The summed E-state index contributed by atoms with van der Waals surface area (Å²) >= 11 is 0. The number of carbonyl (C=O) groups is 3. The predicted octanol–water partition coefficient (Wildman–Crippen LogP) is 1.82. The monoisotopic (exact) mass is 445 g/mol. The van der Waals surface area contributed by atoms with Crippen molar-refractivity contribution in [2.75, 3.05) is 0 Å². The third-order valence-corrected chi connectivity index (χ3v) is 4.52. The molecule has 3 aromatic carbocycles. The molecule has 0 aliphatic carbocycles. The van der Waals surface area contributed by atoms with E-state index in [0.29, 0.717) is 11.3 Å². The van der Waals surface area contributed by atoms with Gasteiger partial charge in [-0.1, -0.05) is 54.6 Å². The second-order valence-corrected chi connectivity index (χ2v) is 7.02. The zero-order valence-corrected chi connectivity index (χ0v) is 17.6. The molecule has 3 aromatic rings. The average molecular weight is 445 g/mol. The van der Waals surface area contributed by atoms with Crippen LogP contribution in [0.4, 0.5) is 5.69 Å². The summed E-state index contributed by atoms with van der Waals surface area (Å²) in [5.74, 6) is -2.10. The summed E-state index contributed by atoms with van der Waals surface area (Å²) in [6.45, 7) is 0. The SMILES string of the molecule is NC(N)=Nc1cccc(C(=O)NOC(=O)[C@H](Cc2ccccc2)NC(=O)c2ccccc2)c1. The van der Waals surface area contributed by atoms with Gasteiger partial charge in [0.15, 0.2) is 5.96 Å². The number of hydroxylamine groups is 1. The topological polar surface area (TPSA) is 149 Å². The van der Waals surface area contributed by atoms with E-state index in [-0.39, 0.29) is 17.9 Å². The van der Waals surface area contributed by atoms with Crippen molar-refractivity contribution in [3.05, 3.63) is 102 Å². The van der Waals surface area contributed by atoms with Crippen molar-refractivity contribution in [1.82, 2.24) is 10.8 Å². The van der Waals surface area contributed by atoms with Gasteiger partial charge in [-0.2, -0.15) is 5.48 Å². The third kappa shape index (κ3) is 6.93. The molecule has 0 aliphatic heterocycles. The quantitative estimate of drug-likeness (QED) is 0.248. The maximum atomic E-state index is 12.8. The van der Waals surface area contributed by atoms with Crippen LogP contribution in [0.1, 0.15) is 26.3 Å². The Hall–Kier alpha value is -4.66. The van der Waals surface area contributed by atoms with Crippen molar-refractivity contribution in [3.63, 3.8) is 0 Å². The van der Waals surface area contributed by atoms with Crippen molar-refractivity contribution in [1.29, 1.82) is 0 Å². The first-order valence-corrected chi connectivity index (χ1v) is 10.0. The first-order chi connectivity index (χ1) is 15.9. The number of nitrogens with two attached hydrogens (primary N) is 2. The normalized spacial score (nSPS) is 11.0. The standard InChI is InChI=1S/C24H23N5O4/c25-24(26)27-19-13-7-12-18(15-19)22(31)29-33-23(32)20(14-16-8-3-1-4-9-16)28-21(30)17-10-5-2-6-11-17/h1-13,15,20H,14H2,(H,28,30)(H,29,31)(H4,25,26,27)/t20-/m0/s1. The Morgan fingerprint density at radius 3 is 2.12 bits per heavy atom. The zero-order valence-electron chi connectivity index (χ0n) is 17.6. The van der Waals surface area contributed by atoms with Gasteiger partial charge in [0, 0.05) is 17.5 Å². The van der Waals surface area contributed by atoms with Gasteiger partial charge >= 0.3 is 5.97 Å². The van der Waals surface area contributed by atoms with Crippen molar-refractivity contribution >= 4 is 29.4 Å². The molecule has 0 radical (unpaired) electrons. The number of hydrogen-bond donors (Lipinski definition) is 4. The highest BCUT2D eigenvalue weighted by atomic mass is 16.7. The van der Waals surface area contributed by atoms with Gasteiger partial charge < -0.3 is 21.6 Å². The van der Waals surface area contributed by atoms with Gasteiger partial charge in [-0.25, -0.2) is 9.79 Å². The Labute approximate surface area is 190 Å². The molecular formula is C24H23N5O4. The van der Waals surface area contributed by atoms with Crippen LogP contribution in [-0.2, 0) is 16.1 Å². The molecule has 0 heterocycles. The van der Waals surface area contributed by atoms with E-state index in [1.54, 1.807) is 42.5 Å². The molecule has 0 bridgehead atoms. The number of amides is 2. The first kappa shape index (κ1) is 23.0. The number of aliphatic imine (C=N–C) groups is 1. The van der Waals surface area contributed by atoms with Crippen LogP contribution in [0.2, 0.25) is 0 Å². The smallest absolute Gasteiger partial charge is 0.354 e. The Morgan fingerprint density at radius 2 is 1.45 bits per heavy atom. The largest absolute Gasteiger partial charge is 0.370 e. The molecule has 0 spiro atoms. The van der Waals surface area contributed by atoms with Crippen molar-refractivity contribution in [3.8, 4) is 0 Å². The lowest BCUT2D eigenvalue weighted by molar-refractivity contribution is -0.151. The number of benzene rings is 3. The molecule has 0 saturated carbocycles. The van der Waals surface area contributed by atoms with Crippen LogP contribution in [0.15, 0.2) is 89.9 Å². The molecular weight excluding hydrogens is 422 g/mol. The lowest BCUT2D eigenvalue weighted by Gasteiger charge is -2.18. The lowest BCUT2D eigenvalue weighted by Crippen LogP contribution is -2.45. The molecule has 9 heteroatoms. The van der Waals surface area contributed by atoms with Gasteiger partial charge in [-0.05, 0) is 35.9 Å². The molecule has 0 aliphatic rings. The fraction of sp³-hybridized carbons (Fsp3) is 0.0833. The van der Waals surface area contributed by atoms with Gasteiger partial charge in [0.05, 0.1) is 5.69 Å². The second-order valence-electron chi connectivity index (χ2n) is 7.02. The maximum Gasteiger partial charge on any atom is 0.354 e. The van der Waals surface area contributed by atoms with Crippen LogP contribution in [0.3, 0.4) is 0 Å². The molecule has 0 saturated heterocycles. The highest BCUT2D eigenvalue weighted by Gasteiger charge is 2.25. The number of hydrogen-bond acceptors (Lipinski definition) is 5. The molecule has 6 N–H and O–H groups in total. The van der Waals surface area contributed by atoms with E-state index in [9.17, 15) is 14.4 Å². The first-order valence-electron chi connectivity index (χ1n) is 10.0. The fourth-order valence-corrected chi connectivity index (χ4v) is 2.97. The van der Waals surface area contributed by atoms with E-state index in [2.05, 4.69) is 15.8 Å². The Kier molecular flexibility index (Phi) is 7.74. The van der Waals surface area contributed by atoms with Gasteiger partial charge in [-0.3, -0.25) is 9.59 Å². The Morgan fingerprint density at radius 1 is 0.818 bits per heavy atom. The van der Waals surface area contributed by atoms with Crippen LogP contribution in [0.25, 0.3) is 0 Å². The van der Waals surface area contributed by atoms with Crippen molar-refractivity contribution < 1.29 is 19.2 Å². The molecule has 0 aromatic heterocycles. The zero-order chi connectivity index (χ0) is 23.6. The number of carbonyl (C=O) groups excluding carboxylic acids is 3. The van der Waals surface area contributed by atoms with Crippen molar-refractivity contribution in [2.24, 2.45) is 16.5 Å². The third-order valence-electron chi connectivity index (χ3n) is 4.52. The number of rotatable bonds is 7. The number of nitrogens with one attached hydrogen (secondary N) is 2. The van der Waals surface area contributed by atoms with Crippen LogP contribution >= 0.6 is 0 Å². The maximum absolute atomic E-state index is 12.8. The summed E-state index contributed by atoms with van der Waals surface area (Å²) < 4.78 is 0. The van der Waals surface area contributed by atoms with E-state index in [1.807, 2.05) is 30.3 Å². The highest BCUT2D eigenvalue weighted by Crippen LogP contribution is 2.14. The molecule has 168 valence electrons. The van der Waals surface area contributed by atoms with Crippen molar-refractivity contribution in [2.45, 2.75) is 12.5 Å². The summed E-state index contributed by atoms with van der Waals surface area (Å²) in [5.41, 5.74) is 14.6. The van der Waals surface area contributed by atoms with E-state index in [4.69, 9.17) is 16.3 Å². The number of guanidine groups is 1. The average Bonchev–Trinajstić information content (AvgIpc) is 2.82. The minimum Gasteiger partial charge on any atom is -0.370 e. The van der Waals surface area contributed by atoms with Gasteiger partial charge in [0.2, 0.25) is 0 Å². The molecule has 3 rings (SSSR count). The molecule has 2 amide bonds. The summed E-state index contributed by atoms with van der Waals surface area (Å²) in [6, 6.07) is 22.7. The van der Waals surface area contributed by atoms with Crippen LogP contribution < -0.4 is 22.3 Å². The minimum absolute atomic E-state index is 0.156. The lowest BCUT2D eigenvalue weighted by atomic mass is 10.1. The Balaban J connectivity index is 1.69. The van der Waals surface area contributed by atoms with Gasteiger partial charge in [0.1, 0.15) is 6.04 Å². The molecule has 33 heavy (non-hydrogen) atoms. The minimum atomic E-state index is -1.03.